The Labute approximate surface area is 85.0 Å². The summed E-state index contributed by atoms with van der Waals surface area (Å²) in [7, 11) is 0. The van der Waals surface area contributed by atoms with Crippen LogP contribution in [0.4, 0.5) is 4.79 Å². The van der Waals surface area contributed by atoms with Gasteiger partial charge in [-0.05, 0) is 18.8 Å². The predicted octanol–water partition coefficient (Wildman–Crippen LogP) is -0.703. The smallest absolute Gasteiger partial charge is 0.387 e. The highest BCUT2D eigenvalue weighted by molar-refractivity contribution is 5.70. The second kappa shape index (κ2) is 4.60. The highest BCUT2D eigenvalue weighted by atomic mass is 16.8. The van der Waals surface area contributed by atoms with Gasteiger partial charge in [-0.15, -0.1) is 0 Å². The summed E-state index contributed by atoms with van der Waals surface area (Å²) >= 11 is 0. The topological polar surface area (TPSA) is 112 Å². The Morgan fingerprint density at radius 1 is 1.80 bits per heavy atom. The van der Waals surface area contributed by atoms with E-state index >= 15 is 0 Å². The van der Waals surface area contributed by atoms with Crippen LogP contribution in [-0.4, -0.2) is 22.4 Å². The molecule has 1 aromatic heterocycles. The maximum atomic E-state index is 11.1. The quantitative estimate of drug-likeness (QED) is 0.647. The van der Waals surface area contributed by atoms with Gasteiger partial charge in [0.15, 0.2) is 0 Å². The first-order valence-electron chi connectivity index (χ1n) is 4.22. The first-order chi connectivity index (χ1) is 7.04. The number of amides is 1. The Hall–Kier alpha value is -1.83. The lowest BCUT2D eigenvalue weighted by atomic mass is 10.4. The molecule has 0 unspecified atom stereocenters. The monoisotopic (exact) mass is 217 g/mol. The molecule has 1 rings (SSSR count). The van der Waals surface area contributed by atoms with Crippen LogP contribution in [0.15, 0.2) is 4.63 Å². The standard InChI is InChI=1S/C7H11N3O5/c1-4(2)8-7(12)14-6-5(3-11)10(13)15-9-6/h4,11H,3H2,1-2H3,(H,8,12). The lowest BCUT2D eigenvalue weighted by Crippen LogP contribution is -2.34. The van der Waals surface area contributed by atoms with E-state index in [0.717, 1.165) is 0 Å². The Morgan fingerprint density at radius 3 is 3.00 bits per heavy atom. The number of nitrogens with one attached hydrogen (secondary N) is 1. The van der Waals surface area contributed by atoms with Crippen molar-refractivity contribution in [3.63, 3.8) is 0 Å². The maximum Gasteiger partial charge on any atom is 0.415 e. The number of aliphatic hydroxyl groups is 1. The first kappa shape index (κ1) is 11.2. The predicted molar refractivity (Wildman–Crippen MR) is 45.7 cm³/mol. The van der Waals surface area contributed by atoms with E-state index in [1.807, 2.05) is 0 Å². The molecule has 15 heavy (non-hydrogen) atoms. The van der Waals surface area contributed by atoms with E-state index in [2.05, 4.69) is 19.8 Å². The number of aliphatic hydroxyl groups excluding tert-OH is 1. The second-order valence-corrected chi connectivity index (χ2v) is 3.03. The fourth-order valence-corrected chi connectivity index (χ4v) is 0.810. The largest absolute Gasteiger partial charge is 0.415 e. The van der Waals surface area contributed by atoms with Gasteiger partial charge in [0.25, 0.3) is 5.69 Å². The van der Waals surface area contributed by atoms with Crippen molar-refractivity contribution in [2.75, 3.05) is 0 Å². The van der Waals surface area contributed by atoms with Gasteiger partial charge >= 0.3 is 12.0 Å². The summed E-state index contributed by atoms with van der Waals surface area (Å²) in [5.74, 6) is -0.342. The molecule has 0 fully saturated rings. The van der Waals surface area contributed by atoms with Crippen molar-refractivity contribution in [1.29, 1.82) is 0 Å². The van der Waals surface area contributed by atoms with Crippen LogP contribution in [0.25, 0.3) is 0 Å². The zero-order valence-corrected chi connectivity index (χ0v) is 8.26. The molecule has 0 spiro atoms. The van der Waals surface area contributed by atoms with E-state index in [9.17, 15) is 10.0 Å². The molecule has 0 bridgehead atoms. The van der Waals surface area contributed by atoms with E-state index in [-0.39, 0.29) is 22.5 Å². The highest BCUT2D eigenvalue weighted by Crippen LogP contribution is 2.10. The molecular formula is C7H11N3O5. The lowest BCUT2D eigenvalue weighted by molar-refractivity contribution is -0.809. The summed E-state index contributed by atoms with van der Waals surface area (Å²) in [5, 5.41) is 25.1. The molecule has 2 N–H and O–H groups in total. The van der Waals surface area contributed by atoms with Gasteiger partial charge < -0.3 is 20.4 Å². The minimum absolute atomic E-state index is 0.0298. The average molecular weight is 217 g/mol. The van der Waals surface area contributed by atoms with Gasteiger partial charge in [0.2, 0.25) is 0 Å². The molecule has 0 aliphatic carbocycles. The van der Waals surface area contributed by atoms with E-state index in [0.29, 0.717) is 0 Å². The molecule has 1 heterocycles. The third-order valence-corrected chi connectivity index (χ3v) is 1.41. The third kappa shape index (κ3) is 2.81. The average Bonchev–Trinajstić information content (AvgIpc) is 2.45. The number of hydrogen-bond donors (Lipinski definition) is 2. The molecule has 1 aromatic rings. The van der Waals surface area contributed by atoms with Gasteiger partial charge in [-0.25, -0.2) is 4.79 Å². The molecule has 0 saturated heterocycles. The molecular weight excluding hydrogens is 206 g/mol. The van der Waals surface area contributed by atoms with Crippen LogP contribution < -0.4 is 15.0 Å². The number of aromatic nitrogens is 2. The van der Waals surface area contributed by atoms with Gasteiger partial charge in [0, 0.05) is 6.04 Å². The Bertz CT molecular complexity index is 348. The van der Waals surface area contributed by atoms with Crippen LogP contribution >= 0.6 is 0 Å². The summed E-state index contributed by atoms with van der Waals surface area (Å²) in [6.07, 6.45) is -0.770. The zero-order valence-electron chi connectivity index (χ0n) is 8.26. The molecule has 84 valence electrons. The molecule has 1 amide bonds. The van der Waals surface area contributed by atoms with E-state index in [1.54, 1.807) is 13.8 Å². The highest BCUT2D eigenvalue weighted by Gasteiger charge is 2.22. The Balaban J connectivity index is 2.68. The van der Waals surface area contributed by atoms with Gasteiger partial charge in [-0.1, -0.05) is 0 Å². The van der Waals surface area contributed by atoms with E-state index in [1.165, 1.54) is 0 Å². The minimum Gasteiger partial charge on any atom is -0.387 e. The van der Waals surface area contributed by atoms with Crippen LogP contribution in [0.2, 0.25) is 0 Å². The number of hydrogen-bond acceptors (Lipinski definition) is 6. The van der Waals surface area contributed by atoms with Gasteiger partial charge in [-0.3, -0.25) is 4.63 Å². The molecule has 0 aliphatic heterocycles. The van der Waals surface area contributed by atoms with Crippen molar-refractivity contribution in [1.82, 2.24) is 10.5 Å². The van der Waals surface area contributed by atoms with Crippen LogP contribution in [0.3, 0.4) is 0 Å². The van der Waals surface area contributed by atoms with Crippen LogP contribution in [0.1, 0.15) is 19.5 Å². The van der Waals surface area contributed by atoms with Gasteiger partial charge in [0.1, 0.15) is 6.61 Å². The molecule has 8 nitrogen and oxygen atoms in total. The summed E-state index contributed by atoms with van der Waals surface area (Å²) in [5.41, 5.74) is -0.256. The molecule has 0 radical (unpaired) electrons. The molecule has 0 aliphatic rings. The fraction of sp³-hybridized carbons (Fsp3) is 0.571. The van der Waals surface area contributed by atoms with E-state index < -0.39 is 12.7 Å². The number of carbonyl (C=O) groups excluding carboxylic acids is 1. The first-order valence-corrected chi connectivity index (χ1v) is 4.22. The number of ether oxygens (including phenoxy) is 1. The Kier molecular flexibility index (Phi) is 3.45. The van der Waals surface area contributed by atoms with Crippen molar-refractivity contribution in [2.24, 2.45) is 0 Å². The van der Waals surface area contributed by atoms with Gasteiger partial charge in [0.05, 0.1) is 5.16 Å². The summed E-state index contributed by atoms with van der Waals surface area (Å²) in [6, 6.07) is -0.110. The van der Waals surface area contributed by atoms with Crippen LogP contribution in [0.5, 0.6) is 5.88 Å². The Morgan fingerprint density at radius 2 is 2.47 bits per heavy atom. The SMILES string of the molecule is CC(C)NC(=O)Oc1no[n+]([O-])c1CO. The van der Waals surface area contributed by atoms with E-state index in [4.69, 9.17) is 5.11 Å². The molecule has 0 atom stereocenters. The summed E-state index contributed by atoms with van der Waals surface area (Å²) < 4.78 is 8.77. The van der Waals surface area contributed by atoms with Crippen molar-refractivity contribution < 1.29 is 24.2 Å². The fourth-order valence-electron chi connectivity index (χ4n) is 0.810. The lowest BCUT2D eigenvalue weighted by Gasteiger charge is -2.05. The minimum atomic E-state index is -0.770. The number of nitrogens with zero attached hydrogens (tertiary/aromatic N) is 2. The molecule has 0 saturated carbocycles. The van der Waals surface area contributed by atoms with Crippen molar-refractivity contribution in [3.05, 3.63) is 10.9 Å². The van der Waals surface area contributed by atoms with Crippen LogP contribution in [0, 0.1) is 5.21 Å². The molecule has 8 heteroatoms. The maximum absolute atomic E-state index is 11.1. The molecule has 0 aromatic carbocycles. The van der Waals surface area contributed by atoms with Gasteiger partial charge in [-0.2, -0.15) is 0 Å². The third-order valence-electron chi connectivity index (χ3n) is 1.41. The van der Waals surface area contributed by atoms with Crippen LogP contribution in [-0.2, 0) is 6.61 Å². The number of carbonyl (C=O) groups is 1. The normalized spacial score (nSPS) is 10.4. The number of rotatable bonds is 3. The summed E-state index contributed by atoms with van der Waals surface area (Å²) in [6.45, 7) is 2.85. The van der Waals surface area contributed by atoms with Crippen molar-refractivity contribution in [3.8, 4) is 5.88 Å². The second-order valence-electron chi connectivity index (χ2n) is 3.03. The van der Waals surface area contributed by atoms with Crippen molar-refractivity contribution >= 4 is 6.09 Å². The van der Waals surface area contributed by atoms with Crippen molar-refractivity contribution in [2.45, 2.75) is 26.5 Å². The summed E-state index contributed by atoms with van der Waals surface area (Å²) in [4.78, 5) is 11.1. The zero-order chi connectivity index (χ0) is 11.4.